The van der Waals surface area contributed by atoms with Gasteiger partial charge in [0, 0.05) is 0 Å². The van der Waals surface area contributed by atoms with Gasteiger partial charge in [-0.25, -0.2) is 0 Å². The van der Waals surface area contributed by atoms with Crippen molar-refractivity contribution in [2.24, 2.45) is 0 Å². The lowest BCUT2D eigenvalue weighted by Crippen LogP contribution is -2.31. The molecule has 0 aliphatic heterocycles. The summed E-state index contributed by atoms with van der Waals surface area (Å²) < 4.78 is 11.0. The Hall–Kier alpha value is -2.49. The molecule has 1 aliphatic carbocycles. The fourth-order valence-electron chi connectivity index (χ4n) is 3.23. The van der Waals surface area contributed by atoms with E-state index in [1.165, 1.54) is 11.1 Å². The van der Waals surface area contributed by atoms with E-state index < -0.39 is 0 Å². The molecule has 0 heterocycles. The molecule has 0 bridgehead atoms. The molecular formula is C21H25NO3. The number of fused-ring (bicyclic) bond motifs is 1. The van der Waals surface area contributed by atoms with Crippen LogP contribution < -0.4 is 14.8 Å². The minimum Gasteiger partial charge on any atom is -0.494 e. The van der Waals surface area contributed by atoms with Gasteiger partial charge in [-0.05, 0) is 61.6 Å². The fraction of sp³-hybridized carbons (Fsp3) is 0.381. The third-order valence-corrected chi connectivity index (χ3v) is 4.44. The second-order valence-electron chi connectivity index (χ2n) is 6.21. The van der Waals surface area contributed by atoms with E-state index in [9.17, 15) is 4.79 Å². The van der Waals surface area contributed by atoms with E-state index >= 15 is 0 Å². The molecule has 2 aromatic rings. The van der Waals surface area contributed by atoms with Gasteiger partial charge in [-0.3, -0.25) is 4.79 Å². The Labute approximate surface area is 149 Å². The molecule has 0 unspecified atom stereocenters. The summed E-state index contributed by atoms with van der Waals surface area (Å²) in [7, 11) is 0. The van der Waals surface area contributed by atoms with Crippen molar-refractivity contribution in [2.45, 2.75) is 38.6 Å². The van der Waals surface area contributed by atoms with Crippen molar-refractivity contribution in [1.82, 2.24) is 5.32 Å². The minimum atomic E-state index is 0.0349. The molecule has 4 nitrogen and oxygen atoms in total. The number of carbonyl (C=O) groups excluding carboxylic acids is 1. The number of hydrogen-bond donors (Lipinski definition) is 1. The molecule has 4 heteroatoms. The van der Waals surface area contributed by atoms with Gasteiger partial charge in [-0.2, -0.15) is 0 Å². The molecule has 0 saturated carbocycles. The SMILES string of the molecule is CCOc1ccc(OCCC(=O)N[C@H]2CCCc3ccccc32)cc1. The average Bonchev–Trinajstić information content (AvgIpc) is 2.64. The molecule has 1 aliphatic rings. The largest absolute Gasteiger partial charge is 0.494 e. The Morgan fingerprint density at radius 3 is 2.56 bits per heavy atom. The first-order chi connectivity index (χ1) is 12.3. The summed E-state index contributed by atoms with van der Waals surface area (Å²) >= 11 is 0. The summed E-state index contributed by atoms with van der Waals surface area (Å²) in [6.07, 6.45) is 3.57. The lowest BCUT2D eigenvalue weighted by Gasteiger charge is -2.26. The highest BCUT2D eigenvalue weighted by atomic mass is 16.5. The van der Waals surface area contributed by atoms with E-state index in [4.69, 9.17) is 9.47 Å². The lowest BCUT2D eigenvalue weighted by atomic mass is 9.88. The summed E-state index contributed by atoms with van der Waals surface area (Å²) in [6.45, 7) is 2.96. The molecule has 0 aromatic heterocycles. The van der Waals surface area contributed by atoms with E-state index in [0.29, 0.717) is 19.6 Å². The maximum absolute atomic E-state index is 12.2. The first-order valence-corrected chi connectivity index (χ1v) is 8.99. The van der Waals surface area contributed by atoms with Crippen LogP contribution >= 0.6 is 0 Å². The molecule has 2 aromatic carbocycles. The third-order valence-electron chi connectivity index (χ3n) is 4.44. The summed E-state index contributed by atoms with van der Waals surface area (Å²) in [6, 6.07) is 16.0. The molecule has 1 N–H and O–H groups in total. The molecule has 1 atom stereocenters. The van der Waals surface area contributed by atoms with E-state index in [0.717, 1.165) is 30.8 Å². The van der Waals surface area contributed by atoms with Crippen LogP contribution in [0.5, 0.6) is 11.5 Å². The maximum atomic E-state index is 12.2. The van der Waals surface area contributed by atoms with Gasteiger partial charge >= 0.3 is 0 Å². The standard InChI is InChI=1S/C21H25NO3/c1-2-24-17-10-12-18(13-11-17)25-15-14-21(23)22-20-9-5-7-16-6-3-4-8-19(16)20/h3-4,6,8,10-13,20H,2,5,7,9,14-15H2,1H3,(H,22,23)/t20-/m0/s1. The first kappa shape index (κ1) is 17.3. The highest BCUT2D eigenvalue weighted by molar-refractivity contribution is 5.76. The second kappa shape index (κ2) is 8.56. The van der Waals surface area contributed by atoms with E-state index in [1.54, 1.807) is 0 Å². The molecule has 132 valence electrons. The van der Waals surface area contributed by atoms with Gasteiger partial charge in [0.25, 0.3) is 0 Å². The molecule has 0 saturated heterocycles. The number of carbonyl (C=O) groups is 1. The van der Waals surface area contributed by atoms with E-state index in [-0.39, 0.29) is 11.9 Å². The van der Waals surface area contributed by atoms with Gasteiger partial charge in [-0.15, -0.1) is 0 Å². The Kier molecular flexibility index (Phi) is 5.94. The highest BCUT2D eigenvalue weighted by Crippen LogP contribution is 2.29. The van der Waals surface area contributed by atoms with E-state index in [1.807, 2.05) is 37.3 Å². The van der Waals surface area contributed by atoms with Crippen molar-refractivity contribution in [1.29, 1.82) is 0 Å². The van der Waals surface area contributed by atoms with Crippen LogP contribution in [0.1, 0.15) is 43.4 Å². The zero-order chi connectivity index (χ0) is 17.5. The van der Waals surface area contributed by atoms with Gasteiger partial charge in [0.15, 0.2) is 0 Å². The molecule has 0 spiro atoms. The number of aryl methyl sites for hydroxylation is 1. The Balaban J connectivity index is 1.46. The second-order valence-corrected chi connectivity index (χ2v) is 6.21. The minimum absolute atomic E-state index is 0.0349. The maximum Gasteiger partial charge on any atom is 0.223 e. The average molecular weight is 339 g/mol. The number of hydrogen-bond acceptors (Lipinski definition) is 3. The van der Waals surface area contributed by atoms with Crippen LogP contribution in [0.3, 0.4) is 0 Å². The number of rotatable bonds is 7. The molecule has 1 amide bonds. The number of ether oxygens (including phenoxy) is 2. The van der Waals surface area contributed by atoms with Gasteiger partial charge in [0.1, 0.15) is 11.5 Å². The van der Waals surface area contributed by atoms with Crippen LogP contribution in [0.2, 0.25) is 0 Å². The fourth-order valence-corrected chi connectivity index (χ4v) is 3.23. The van der Waals surface area contributed by atoms with Crippen LogP contribution in [0.15, 0.2) is 48.5 Å². The number of benzene rings is 2. The monoisotopic (exact) mass is 339 g/mol. The Morgan fingerprint density at radius 2 is 1.80 bits per heavy atom. The lowest BCUT2D eigenvalue weighted by molar-refractivity contribution is -0.122. The van der Waals surface area contributed by atoms with Gasteiger partial charge in [0.2, 0.25) is 5.91 Å². The number of amides is 1. The topological polar surface area (TPSA) is 47.6 Å². The van der Waals surface area contributed by atoms with Crippen LogP contribution in [0.25, 0.3) is 0 Å². The van der Waals surface area contributed by atoms with Crippen LogP contribution in [0, 0.1) is 0 Å². The van der Waals surface area contributed by atoms with Gasteiger partial charge in [-0.1, -0.05) is 24.3 Å². The normalized spacial score (nSPS) is 16.0. The van der Waals surface area contributed by atoms with Crippen molar-refractivity contribution < 1.29 is 14.3 Å². The van der Waals surface area contributed by atoms with Crippen molar-refractivity contribution in [2.75, 3.05) is 13.2 Å². The predicted molar refractivity (Wildman–Crippen MR) is 98.0 cm³/mol. The van der Waals surface area contributed by atoms with Crippen LogP contribution in [-0.2, 0) is 11.2 Å². The molecule has 0 fully saturated rings. The summed E-state index contributed by atoms with van der Waals surface area (Å²) in [5.41, 5.74) is 2.61. The molecule has 25 heavy (non-hydrogen) atoms. The van der Waals surface area contributed by atoms with Gasteiger partial charge in [0.05, 0.1) is 25.7 Å². The van der Waals surface area contributed by atoms with Crippen molar-refractivity contribution >= 4 is 5.91 Å². The zero-order valence-corrected chi connectivity index (χ0v) is 14.7. The van der Waals surface area contributed by atoms with E-state index in [2.05, 4.69) is 23.5 Å². The van der Waals surface area contributed by atoms with Crippen molar-refractivity contribution in [3.63, 3.8) is 0 Å². The summed E-state index contributed by atoms with van der Waals surface area (Å²) in [4.78, 5) is 12.2. The molecule has 0 radical (unpaired) electrons. The molecule has 3 rings (SSSR count). The van der Waals surface area contributed by atoms with Crippen molar-refractivity contribution in [3.05, 3.63) is 59.7 Å². The van der Waals surface area contributed by atoms with Crippen LogP contribution in [-0.4, -0.2) is 19.1 Å². The van der Waals surface area contributed by atoms with Crippen LogP contribution in [0.4, 0.5) is 0 Å². The smallest absolute Gasteiger partial charge is 0.223 e. The Bertz CT molecular complexity index is 697. The third kappa shape index (κ3) is 4.75. The zero-order valence-electron chi connectivity index (χ0n) is 14.7. The summed E-state index contributed by atoms with van der Waals surface area (Å²) in [5.74, 6) is 1.61. The first-order valence-electron chi connectivity index (χ1n) is 8.99. The molecular weight excluding hydrogens is 314 g/mol. The van der Waals surface area contributed by atoms with Gasteiger partial charge < -0.3 is 14.8 Å². The summed E-state index contributed by atoms with van der Waals surface area (Å²) in [5, 5.41) is 3.15. The predicted octanol–water partition coefficient (Wildman–Crippen LogP) is 4.05. The highest BCUT2D eigenvalue weighted by Gasteiger charge is 2.21. The van der Waals surface area contributed by atoms with Crippen molar-refractivity contribution in [3.8, 4) is 11.5 Å². The Morgan fingerprint density at radius 1 is 1.08 bits per heavy atom. The quantitative estimate of drug-likeness (QED) is 0.828. The number of nitrogens with one attached hydrogen (secondary N) is 1.